The highest BCUT2D eigenvalue weighted by atomic mass is 16.4. The van der Waals surface area contributed by atoms with Gasteiger partial charge < -0.3 is 10.2 Å². The maximum Gasteiger partial charge on any atom is 0.321 e. The van der Waals surface area contributed by atoms with E-state index in [4.69, 9.17) is 10.2 Å². The van der Waals surface area contributed by atoms with E-state index in [1.807, 2.05) is 0 Å². The fourth-order valence-electron chi connectivity index (χ4n) is 2.08. The maximum atomic E-state index is 10.8. The van der Waals surface area contributed by atoms with Crippen molar-refractivity contribution in [3.63, 3.8) is 0 Å². The maximum absolute atomic E-state index is 10.8. The van der Waals surface area contributed by atoms with E-state index in [1.54, 1.807) is 4.90 Å². The first-order valence-electron chi connectivity index (χ1n) is 5.79. The van der Waals surface area contributed by atoms with Gasteiger partial charge in [0.15, 0.2) is 0 Å². The van der Waals surface area contributed by atoms with E-state index in [0.717, 1.165) is 25.7 Å². The van der Waals surface area contributed by atoms with Gasteiger partial charge in [-0.25, -0.2) is 0 Å². The molecule has 5 nitrogen and oxygen atoms in total. The molecule has 0 aromatic carbocycles. The van der Waals surface area contributed by atoms with Crippen LogP contribution < -0.4 is 0 Å². The van der Waals surface area contributed by atoms with Crippen molar-refractivity contribution >= 4 is 11.9 Å². The van der Waals surface area contributed by atoms with Crippen molar-refractivity contribution in [3.05, 3.63) is 0 Å². The number of carboxylic acids is 2. The van der Waals surface area contributed by atoms with Crippen molar-refractivity contribution in [2.75, 3.05) is 6.54 Å². The molecule has 0 unspecified atom stereocenters. The summed E-state index contributed by atoms with van der Waals surface area (Å²) in [7, 11) is 0. The van der Waals surface area contributed by atoms with Crippen LogP contribution in [-0.4, -0.2) is 45.7 Å². The molecule has 0 aromatic rings. The number of aliphatic carboxylic acids is 2. The molecule has 1 heterocycles. The number of carboxylic acid groups (broad SMARTS) is 2. The first kappa shape index (κ1) is 13.0. The van der Waals surface area contributed by atoms with Crippen LogP contribution in [0.1, 0.15) is 39.0 Å². The van der Waals surface area contributed by atoms with Crippen molar-refractivity contribution in [1.82, 2.24) is 4.90 Å². The highest BCUT2D eigenvalue weighted by molar-refractivity contribution is 5.82. The summed E-state index contributed by atoms with van der Waals surface area (Å²) in [6, 6.07) is -1.19. The minimum absolute atomic E-state index is 0.235. The van der Waals surface area contributed by atoms with Crippen molar-refractivity contribution in [1.29, 1.82) is 0 Å². The number of carbonyl (C=O) groups is 2. The topological polar surface area (TPSA) is 77.8 Å². The number of likely N-dealkylation sites (tertiary alicyclic amines) is 1. The standard InChI is InChI=1S/C11H19NO4/c1-2-3-4-5-6-12-8(10(13)14)7-9(12)11(15)16/h8-9H,2-7H2,1H3,(H,13,14)(H,15,16)/t8-,9+. The van der Waals surface area contributed by atoms with Crippen molar-refractivity contribution < 1.29 is 19.8 Å². The van der Waals surface area contributed by atoms with Crippen LogP contribution in [0.5, 0.6) is 0 Å². The lowest BCUT2D eigenvalue weighted by atomic mass is 9.92. The second kappa shape index (κ2) is 5.84. The van der Waals surface area contributed by atoms with E-state index in [1.165, 1.54) is 0 Å². The van der Waals surface area contributed by atoms with Crippen LogP contribution in [0.15, 0.2) is 0 Å². The third-order valence-electron chi connectivity index (χ3n) is 3.09. The summed E-state index contributed by atoms with van der Waals surface area (Å²) in [5.74, 6) is -1.82. The molecule has 1 aliphatic rings. The zero-order chi connectivity index (χ0) is 12.1. The number of unbranched alkanes of at least 4 members (excludes halogenated alkanes) is 3. The van der Waals surface area contributed by atoms with Crippen LogP contribution in [0, 0.1) is 0 Å². The van der Waals surface area contributed by atoms with Gasteiger partial charge in [-0.1, -0.05) is 26.2 Å². The molecule has 5 heteroatoms. The Morgan fingerprint density at radius 2 is 1.69 bits per heavy atom. The Bertz CT molecular complexity index is 247. The molecule has 0 bridgehead atoms. The quantitative estimate of drug-likeness (QED) is 0.641. The van der Waals surface area contributed by atoms with Gasteiger partial charge in [0.2, 0.25) is 0 Å². The van der Waals surface area contributed by atoms with Crippen molar-refractivity contribution in [2.45, 2.75) is 51.1 Å². The molecular formula is C11H19NO4. The second-order valence-electron chi connectivity index (χ2n) is 4.24. The molecule has 1 saturated heterocycles. The van der Waals surface area contributed by atoms with E-state index < -0.39 is 24.0 Å². The van der Waals surface area contributed by atoms with Gasteiger partial charge in [0.25, 0.3) is 0 Å². The molecule has 0 aliphatic carbocycles. The van der Waals surface area contributed by atoms with Gasteiger partial charge in [-0.2, -0.15) is 0 Å². The van der Waals surface area contributed by atoms with Crippen LogP contribution in [0.2, 0.25) is 0 Å². The summed E-state index contributed by atoms with van der Waals surface area (Å²) in [6.45, 7) is 2.68. The van der Waals surface area contributed by atoms with Crippen LogP contribution in [0.25, 0.3) is 0 Å². The molecule has 0 saturated carbocycles. The molecule has 1 fully saturated rings. The van der Waals surface area contributed by atoms with Gasteiger partial charge >= 0.3 is 11.9 Å². The van der Waals surface area contributed by atoms with Gasteiger partial charge in [0.1, 0.15) is 12.1 Å². The predicted molar refractivity (Wildman–Crippen MR) is 58.3 cm³/mol. The predicted octanol–water partition coefficient (Wildman–Crippen LogP) is 1.18. The lowest BCUT2D eigenvalue weighted by molar-refractivity contribution is -0.163. The van der Waals surface area contributed by atoms with Crippen LogP contribution in [0.3, 0.4) is 0 Å². The normalized spacial score (nSPS) is 25.1. The Kier molecular flexibility index (Phi) is 4.73. The molecule has 1 rings (SSSR count). The molecule has 0 amide bonds. The van der Waals surface area contributed by atoms with Crippen LogP contribution in [-0.2, 0) is 9.59 Å². The zero-order valence-electron chi connectivity index (χ0n) is 9.56. The summed E-state index contributed by atoms with van der Waals surface area (Å²) >= 11 is 0. The molecule has 0 radical (unpaired) electrons. The third-order valence-corrected chi connectivity index (χ3v) is 3.09. The summed E-state index contributed by atoms with van der Waals surface area (Å²) in [4.78, 5) is 23.2. The highest BCUT2D eigenvalue weighted by Gasteiger charge is 2.46. The Hall–Kier alpha value is -1.10. The van der Waals surface area contributed by atoms with E-state index >= 15 is 0 Å². The van der Waals surface area contributed by atoms with Crippen molar-refractivity contribution in [2.24, 2.45) is 0 Å². The molecule has 16 heavy (non-hydrogen) atoms. The Labute approximate surface area is 95.1 Å². The van der Waals surface area contributed by atoms with Gasteiger partial charge in [-0.15, -0.1) is 0 Å². The van der Waals surface area contributed by atoms with E-state index in [0.29, 0.717) is 6.54 Å². The number of hydrogen-bond acceptors (Lipinski definition) is 3. The van der Waals surface area contributed by atoms with Gasteiger partial charge in [0, 0.05) is 0 Å². The minimum atomic E-state index is -0.909. The highest BCUT2D eigenvalue weighted by Crippen LogP contribution is 2.26. The second-order valence-corrected chi connectivity index (χ2v) is 4.24. The monoisotopic (exact) mass is 229 g/mol. The molecule has 0 spiro atoms. The summed E-state index contributed by atoms with van der Waals surface area (Å²) < 4.78 is 0. The number of rotatable bonds is 7. The smallest absolute Gasteiger partial charge is 0.321 e. The van der Waals surface area contributed by atoms with Gasteiger partial charge in [-0.3, -0.25) is 14.5 Å². The van der Waals surface area contributed by atoms with Crippen LogP contribution >= 0.6 is 0 Å². The SMILES string of the molecule is CCCCCCN1[C@@H](C(=O)O)C[C@H]1C(=O)O. The van der Waals surface area contributed by atoms with Crippen LogP contribution in [0.4, 0.5) is 0 Å². The lowest BCUT2D eigenvalue weighted by Crippen LogP contribution is -2.62. The van der Waals surface area contributed by atoms with Crippen molar-refractivity contribution in [3.8, 4) is 0 Å². The molecule has 2 N–H and O–H groups in total. The minimum Gasteiger partial charge on any atom is -0.480 e. The number of nitrogens with zero attached hydrogens (tertiary/aromatic N) is 1. The summed E-state index contributed by atoms with van der Waals surface area (Å²) in [5.41, 5.74) is 0. The molecule has 2 atom stereocenters. The van der Waals surface area contributed by atoms with E-state index in [2.05, 4.69) is 6.92 Å². The summed E-state index contributed by atoms with van der Waals surface area (Å²) in [6.07, 6.45) is 4.37. The zero-order valence-corrected chi connectivity index (χ0v) is 9.56. The fraction of sp³-hybridized carbons (Fsp3) is 0.818. The largest absolute Gasteiger partial charge is 0.480 e. The molecule has 0 aromatic heterocycles. The lowest BCUT2D eigenvalue weighted by Gasteiger charge is -2.43. The average molecular weight is 229 g/mol. The Balaban J connectivity index is 2.38. The Morgan fingerprint density at radius 3 is 2.12 bits per heavy atom. The fourth-order valence-corrected chi connectivity index (χ4v) is 2.08. The third kappa shape index (κ3) is 2.95. The number of hydrogen-bond donors (Lipinski definition) is 2. The molecular weight excluding hydrogens is 210 g/mol. The first-order chi connectivity index (χ1) is 7.57. The first-order valence-corrected chi connectivity index (χ1v) is 5.79. The van der Waals surface area contributed by atoms with E-state index in [9.17, 15) is 9.59 Å². The average Bonchev–Trinajstić information content (AvgIpc) is 2.14. The molecule has 1 aliphatic heterocycles. The van der Waals surface area contributed by atoms with Gasteiger partial charge in [-0.05, 0) is 19.4 Å². The Morgan fingerprint density at radius 1 is 1.12 bits per heavy atom. The summed E-state index contributed by atoms with van der Waals surface area (Å²) in [5, 5.41) is 17.7. The van der Waals surface area contributed by atoms with Gasteiger partial charge in [0.05, 0.1) is 0 Å². The van der Waals surface area contributed by atoms with E-state index in [-0.39, 0.29) is 6.42 Å². The molecule has 92 valence electrons.